The third kappa shape index (κ3) is 5.09. The second-order valence-electron chi connectivity index (χ2n) is 2.31. The summed E-state index contributed by atoms with van der Waals surface area (Å²) in [6, 6.07) is 0. The lowest BCUT2D eigenvalue weighted by Gasteiger charge is -2.17. The van der Waals surface area contributed by atoms with Gasteiger partial charge in [0.1, 0.15) is 0 Å². The summed E-state index contributed by atoms with van der Waals surface area (Å²) in [6.45, 7) is 2.76. The molecule has 0 amide bonds. The molecule has 0 aromatic carbocycles. The lowest BCUT2D eigenvalue weighted by atomic mass is 10.7. The van der Waals surface area contributed by atoms with Gasteiger partial charge in [0, 0.05) is 20.6 Å². The van der Waals surface area contributed by atoms with E-state index in [1.165, 1.54) is 0 Å². The van der Waals surface area contributed by atoms with Crippen LogP contribution in [0.15, 0.2) is 0 Å². The van der Waals surface area contributed by atoms with Crippen LogP contribution in [-0.2, 0) is 0 Å². The first-order valence-electron chi connectivity index (χ1n) is 3.59. The van der Waals surface area contributed by atoms with Crippen molar-refractivity contribution in [1.82, 2.24) is 21.1 Å². The minimum atomic E-state index is 0.543. The standard InChI is InChI=1S/C6H14N4S2/c1-4-7-5(11)8-9-6(12)10(2)3/h4H2,1-3H3,(H,9,12)(H2,7,8,11). The summed E-state index contributed by atoms with van der Waals surface area (Å²) in [5, 5.41) is 4.06. The largest absolute Gasteiger partial charge is 0.362 e. The van der Waals surface area contributed by atoms with Gasteiger partial charge in [-0.2, -0.15) is 0 Å². The number of hydrogen-bond acceptors (Lipinski definition) is 2. The number of thiocarbonyl (C=S) groups is 2. The van der Waals surface area contributed by atoms with Gasteiger partial charge in [-0.25, -0.2) is 0 Å². The fourth-order valence-corrected chi connectivity index (χ4v) is 0.673. The number of nitrogens with one attached hydrogen (secondary N) is 3. The Bertz CT molecular complexity index is 169. The molecule has 0 saturated heterocycles. The molecule has 0 spiro atoms. The third-order valence-electron chi connectivity index (χ3n) is 1.03. The highest BCUT2D eigenvalue weighted by Gasteiger charge is 1.96. The molecule has 0 rings (SSSR count). The zero-order valence-electron chi connectivity index (χ0n) is 7.47. The van der Waals surface area contributed by atoms with E-state index in [1.807, 2.05) is 21.0 Å². The summed E-state index contributed by atoms with van der Waals surface area (Å²) in [6.07, 6.45) is 0. The molecule has 0 aliphatic heterocycles. The molecule has 12 heavy (non-hydrogen) atoms. The van der Waals surface area contributed by atoms with Crippen LogP contribution >= 0.6 is 24.4 Å². The van der Waals surface area contributed by atoms with Gasteiger partial charge >= 0.3 is 0 Å². The van der Waals surface area contributed by atoms with Gasteiger partial charge in [-0.1, -0.05) is 0 Å². The van der Waals surface area contributed by atoms with E-state index in [0.29, 0.717) is 10.2 Å². The van der Waals surface area contributed by atoms with Gasteiger partial charge in [0.25, 0.3) is 0 Å². The normalized spacial score (nSPS) is 8.58. The Balaban J connectivity index is 3.54. The maximum Gasteiger partial charge on any atom is 0.187 e. The van der Waals surface area contributed by atoms with Crippen LogP contribution in [0.1, 0.15) is 6.92 Å². The molecule has 6 heteroatoms. The van der Waals surface area contributed by atoms with Gasteiger partial charge in [-0.15, -0.1) is 0 Å². The fourth-order valence-electron chi connectivity index (χ4n) is 0.427. The summed E-state index contributed by atoms with van der Waals surface area (Å²) in [7, 11) is 3.71. The highest BCUT2D eigenvalue weighted by Crippen LogP contribution is 1.74. The SMILES string of the molecule is CCNC(=S)NNC(=S)N(C)C. The topological polar surface area (TPSA) is 39.3 Å². The number of rotatable bonds is 1. The number of nitrogens with zero attached hydrogens (tertiary/aromatic N) is 1. The molecule has 0 unspecified atom stereocenters. The average Bonchev–Trinajstić information content (AvgIpc) is 2.00. The average molecular weight is 206 g/mol. The second kappa shape index (κ2) is 5.96. The highest BCUT2D eigenvalue weighted by atomic mass is 32.1. The number of hydrogen-bond donors (Lipinski definition) is 3. The lowest BCUT2D eigenvalue weighted by molar-refractivity contribution is 0.592. The van der Waals surface area contributed by atoms with E-state index in [-0.39, 0.29) is 0 Å². The molecule has 0 aliphatic rings. The van der Waals surface area contributed by atoms with Crippen LogP contribution in [0.25, 0.3) is 0 Å². The Morgan fingerprint density at radius 1 is 1.25 bits per heavy atom. The molecular formula is C6H14N4S2. The monoisotopic (exact) mass is 206 g/mol. The first-order chi connectivity index (χ1) is 5.57. The van der Waals surface area contributed by atoms with Gasteiger partial charge in [-0.05, 0) is 31.4 Å². The number of hydrazine groups is 1. The van der Waals surface area contributed by atoms with Gasteiger partial charge in [0.05, 0.1) is 0 Å². The molecule has 0 atom stereocenters. The van der Waals surface area contributed by atoms with E-state index in [2.05, 4.69) is 16.2 Å². The molecular weight excluding hydrogens is 192 g/mol. The maximum atomic E-state index is 4.95. The Labute approximate surface area is 83.7 Å². The molecule has 0 aliphatic carbocycles. The van der Waals surface area contributed by atoms with Crippen molar-refractivity contribution in [2.24, 2.45) is 0 Å². The highest BCUT2D eigenvalue weighted by molar-refractivity contribution is 7.80. The van der Waals surface area contributed by atoms with Crippen molar-refractivity contribution in [3.63, 3.8) is 0 Å². The molecule has 3 N–H and O–H groups in total. The van der Waals surface area contributed by atoms with Crippen LogP contribution in [0.2, 0.25) is 0 Å². The van der Waals surface area contributed by atoms with E-state index >= 15 is 0 Å². The smallest absolute Gasteiger partial charge is 0.187 e. The minimum absolute atomic E-state index is 0.543. The van der Waals surface area contributed by atoms with Crippen molar-refractivity contribution in [2.45, 2.75) is 6.92 Å². The zero-order valence-corrected chi connectivity index (χ0v) is 9.10. The Morgan fingerprint density at radius 2 is 1.83 bits per heavy atom. The van der Waals surface area contributed by atoms with Crippen molar-refractivity contribution in [1.29, 1.82) is 0 Å². The Kier molecular flexibility index (Phi) is 5.65. The van der Waals surface area contributed by atoms with Crippen LogP contribution in [0.5, 0.6) is 0 Å². The molecule has 0 radical (unpaired) electrons. The zero-order chi connectivity index (χ0) is 9.56. The van der Waals surface area contributed by atoms with Gasteiger partial charge in [0.2, 0.25) is 0 Å². The van der Waals surface area contributed by atoms with Crippen LogP contribution in [-0.4, -0.2) is 35.8 Å². The first kappa shape index (κ1) is 11.4. The molecule has 0 saturated carbocycles. The van der Waals surface area contributed by atoms with Crippen molar-refractivity contribution >= 4 is 34.7 Å². The van der Waals surface area contributed by atoms with Crippen molar-refractivity contribution < 1.29 is 0 Å². The lowest BCUT2D eigenvalue weighted by Crippen LogP contribution is -2.49. The van der Waals surface area contributed by atoms with Crippen molar-refractivity contribution in [3.8, 4) is 0 Å². The molecule has 0 fully saturated rings. The maximum absolute atomic E-state index is 4.95. The van der Waals surface area contributed by atoms with E-state index in [9.17, 15) is 0 Å². The summed E-state index contributed by atoms with van der Waals surface area (Å²) >= 11 is 9.84. The van der Waals surface area contributed by atoms with Crippen molar-refractivity contribution in [2.75, 3.05) is 20.6 Å². The van der Waals surface area contributed by atoms with E-state index in [0.717, 1.165) is 6.54 Å². The molecule has 4 nitrogen and oxygen atoms in total. The molecule has 0 heterocycles. The summed E-state index contributed by atoms with van der Waals surface area (Å²) in [4.78, 5) is 1.77. The van der Waals surface area contributed by atoms with Crippen LogP contribution in [0.3, 0.4) is 0 Å². The fraction of sp³-hybridized carbons (Fsp3) is 0.667. The Hall–Kier alpha value is -0.620. The van der Waals surface area contributed by atoms with E-state index < -0.39 is 0 Å². The van der Waals surface area contributed by atoms with Crippen LogP contribution in [0.4, 0.5) is 0 Å². The van der Waals surface area contributed by atoms with E-state index in [1.54, 1.807) is 4.90 Å². The molecule has 0 aromatic heterocycles. The van der Waals surface area contributed by atoms with Crippen LogP contribution < -0.4 is 16.2 Å². The quantitative estimate of drug-likeness (QED) is 0.408. The van der Waals surface area contributed by atoms with Gasteiger partial charge in [-0.3, -0.25) is 10.9 Å². The van der Waals surface area contributed by atoms with Crippen molar-refractivity contribution in [3.05, 3.63) is 0 Å². The molecule has 70 valence electrons. The summed E-state index contributed by atoms with van der Waals surface area (Å²) in [5.41, 5.74) is 5.52. The minimum Gasteiger partial charge on any atom is -0.362 e. The van der Waals surface area contributed by atoms with Gasteiger partial charge < -0.3 is 10.2 Å². The molecule has 0 aromatic rings. The first-order valence-corrected chi connectivity index (χ1v) is 4.40. The molecule has 0 bridgehead atoms. The summed E-state index contributed by atoms with van der Waals surface area (Å²) in [5.74, 6) is 0. The predicted octanol–water partition coefficient (Wildman–Crippen LogP) is -0.178. The van der Waals surface area contributed by atoms with Crippen LogP contribution in [0, 0.1) is 0 Å². The summed E-state index contributed by atoms with van der Waals surface area (Å²) < 4.78 is 0. The Morgan fingerprint density at radius 3 is 2.25 bits per heavy atom. The second-order valence-corrected chi connectivity index (χ2v) is 3.10. The predicted molar refractivity (Wildman–Crippen MR) is 58.8 cm³/mol. The van der Waals surface area contributed by atoms with E-state index in [4.69, 9.17) is 24.4 Å². The third-order valence-corrected chi connectivity index (χ3v) is 1.74. The van der Waals surface area contributed by atoms with Gasteiger partial charge in [0.15, 0.2) is 10.2 Å².